The highest BCUT2D eigenvalue weighted by atomic mass is 35.5. The molecule has 0 saturated heterocycles. The number of nitrogens with one attached hydrogen (secondary N) is 1. The molecule has 3 aromatic rings. The molecule has 3 rings (SSSR count). The highest BCUT2D eigenvalue weighted by Gasteiger charge is 2.21. The predicted molar refractivity (Wildman–Crippen MR) is 114 cm³/mol. The van der Waals surface area contributed by atoms with E-state index >= 15 is 0 Å². The molecule has 0 aliphatic rings. The summed E-state index contributed by atoms with van der Waals surface area (Å²) in [5, 5.41) is 4.03. The second kappa shape index (κ2) is 7.70. The monoisotopic (exact) mass is 459 g/mol. The van der Waals surface area contributed by atoms with Gasteiger partial charge in [-0.05, 0) is 12.1 Å². The first kappa shape index (κ1) is 20.6. The van der Waals surface area contributed by atoms with Crippen molar-refractivity contribution >= 4 is 72.1 Å². The van der Waals surface area contributed by atoms with Crippen LogP contribution in [-0.4, -0.2) is 42.8 Å². The van der Waals surface area contributed by atoms with Crippen LogP contribution in [0, 0.1) is 0 Å². The molecule has 1 aromatic carbocycles. The average molecular weight is 460 g/mol. The fraction of sp³-hybridized carbons (Fsp3) is 0.188. The Labute approximate surface area is 174 Å². The highest BCUT2D eigenvalue weighted by Crippen LogP contribution is 2.40. The number of hydrogen-bond donors (Lipinski definition) is 3. The summed E-state index contributed by atoms with van der Waals surface area (Å²) in [5.74, 6) is -0.572. The van der Waals surface area contributed by atoms with Gasteiger partial charge in [0, 0.05) is 18.4 Å². The van der Waals surface area contributed by atoms with Gasteiger partial charge in [-0.25, -0.2) is 18.4 Å². The zero-order valence-electron chi connectivity index (χ0n) is 14.5. The Hall–Kier alpha value is -2.14. The lowest BCUT2D eigenvalue weighted by Gasteiger charge is -2.09. The molecule has 8 nitrogen and oxygen atoms in total. The quantitative estimate of drug-likeness (QED) is 0.514. The van der Waals surface area contributed by atoms with Crippen molar-refractivity contribution in [1.29, 1.82) is 0 Å². The maximum atomic E-state index is 11.7. The van der Waals surface area contributed by atoms with Gasteiger partial charge in [-0.2, -0.15) is 0 Å². The van der Waals surface area contributed by atoms with Crippen LogP contribution < -0.4 is 16.8 Å². The number of fused-ring (bicyclic) bond motifs is 1. The zero-order chi connectivity index (χ0) is 20.6. The maximum absolute atomic E-state index is 11.7. The SMILES string of the molecule is CS(=O)(=O)CCNc1nc(-c2ccc(Cl)c(Cl)c2)c2c(N)c(C(N)=O)sc2n1. The molecule has 28 heavy (non-hydrogen) atoms. The molecule has 2 aromatic heterocycles. The van der Waals surface area contributed by atoms with Gasteiger partial charge >= 0.3 is 0 Å². The van der Waals surface area contributed by atoms with Crippen molar-refractivity contribution in [3.63, 3.8) is 0 Å². The lowest BCUT2D eigenvalue weighted by molar-refractivity contribution is 0.100. The molecule has 0 aliphatic carbocycles. The van der Waals surface area contributed by atoms with E-state index in [1.54, 1.807) is 18.2 Å². The van der Waals surface area contributed by atoms with Gasteiger partial charge in [-0.15, -0.1) is 11.3 Å². The molecule has 0 aliphatic heterocycles. The minimum Gasteiger partial charge on any atom is -0.397 e. The second-order valence-electron chi connectivity index (χ2n) is 5.97. The van der Waals surface area contributed by atoms with Crippen LogP contribution in [0.5, 0.6) is 0 Å². The lowest BCUT2D eigenvalue weighted by atomic mass is 10.1. The van der Waals surface area contributed by atoms with Gasteiger partial charge in [0.1, 0.15) is 19.5 Å². The number of halogens is 2. The summed E-state index contributed by atoms with van der Waals surface area (Å²) in [4.78, 5) is 21.1. The number of thiophene rings is 1. The summed E-state index contributed by atoms with van der Waals surface area (Å²) in [5.41, 5.74) is 12.7. The Morgan fingerprint density at radius 2 is 1.96 bits per heavy atom. The first-order valence-electron chi connectivity index (χ1n) is 7.83. The lowest BCUT2D eigenvalue weighted by Crippen LogP contribution is -2.15. The number of nitrogens with two attached hydrogens (primary N) is 2. The molecule has 1 amide bonds. The van der Waals surface area contributed by atoms with Gasteiger partial charge in [0.2, 0.25) is 5.95 Å². The smallest absolute Gasteiger partial charge is 0.260 e. The number of nitrogen functional groups attached to an aromatic ring is 1. The van der Waals surface area contributed by atoms with E-state index in [4.69, 9.17) is 34.7 Å². The number of primary amides is 1. The molecule has 5 N–H and O–H groups in total. The van der Waals surface area contributed by atoms with Crippen molar-refractivity contribution in [2.24, 2.45) is 5.73 Å². The van der Waals surface area contributed by atoms with Crippen molar-refractivity contribution in [1.82, 2.24) is 9.97 Å². The number of amides is 1. The number of rotatable bonds is 6. The van der Waals surface area contributed by atoms with Crippen LogP contribution in [0.25, 0.3) is 21.5 Å². The van der Waals surface area contributed by atoms with Gasteiger partial charge < -0.3 is 16.8 Å². The molecular formula is C16H15Cl2N5O3S2. The summed E-state index contributed by atoms with van der Waals surface area (Å²) >= 11 is 13.1. The fourth-order valence-corrected chi connectivity index (χ4v) is 4.20. The molecular weight excluding hydrogens is 445 g/mol. The van der Waals surface area contributed by atoms with Crippen LogP contribution >= 0.6 is 34.5 Å². The van der Waals surface area contributed by atoms with E-state index in [1.165, 1.54) is 0 Å². The van der Waals surface area contributed by atoms with Crippen LogP contribution in [0.1, 0.15) is 9.67 Å². The van der Waals surface area contributed by atoms with Crippen molar-refractivity contribution in [3.8, 4) is 11.3 Å². The molecule has 0 atom stereocenters. The fourth-order valence-electron chi connectivity index (χ4n) is 2.48. The highest BCUT2D eigenvalue weighted by molar-refractivity contribution is 7.90. The van der Waals surface area contributed by atoms with Crippen LogP contribution in [0.4, 0.5) is 11.6 Å². The number of nitrogens with zero attached hydrogens (tertiary/aromatic N) is 2. The number of aromatic nitrogens is 2. The number of carbonyl (C=O) groups excluding carboxylic acids is 1. The number of sulfone groups is 1. The Morgan fingerprint density at radius 1 is 1.25 bits per heavy atom. The molecule has 0 bridgehead atoms. The molecule has 0 radical (unpaired) electrons. The molecule has 148 valence electrons. The Kier molecular flexibility index (Phi) is 5.67. The summed E-state index contributed by atoms with van der Waals surface area (Å²) in [6.45, 7) is 0.120. The molecule has 0 spiro atoms. The molecule has 0 fully saturated rings. The van der Waals surface area contributed by atoms with Crippen LogP contribution in [0.2, 0.25) is 10.0 Å². The predicted octanol–water partition coefficient (Wildman–Crippen LogP) is 2.80. The van der Waals surface area contributed by atoms with E-state index in [-0.39, 0.29) is 28.8 Å². The van der Waals surface area contributed by atoms with Gasteiger partial charge in [-0.1, -0.05) is 29.3 Å². The maximum Gasteiger partial charge on any atom is 0.260 e. The molecule has 0 unspecified atom stereocenters. The topological polar surface area (TPSA) is 141 Å². The Bertz CT molecular complexity index is 1190. The number of anilines is 2. The van der Waals surface area contributed by atoms with Crippen LogP contribution in [0.3, 0.4) is 0 Å². The molecule has 2 heterocycles. The number of benzene rings is 1. The standard InChI is InChI=1S/C16H15Cl2N5O3S2/c1-28(25,26)5-4-21-16-22-12(7-2-3-8(17)9(18)6-7)10-11(19)13(14(20)24)27-15(10)23-16/h2-3,6H,4-5,19H2,1H3,(H2,20,24)(H,21,22,23). The third-order valence-electron chi connectivity index (χ3n) is 3.76. The Morgan fingerprint density at radius 3 is 2.57 bits per heavy atom. The largest absolute Gasteiger partial charge is 0.397 e. The van der Waals surface area contributed by atoms with Gasteiger partial charge in [0.15, 0.2) is 0 Å². The van der Waals surface area contributed by atoms with Crippen molar-refractivity contribution in [2.45, 2.75) is 0 Å². The number of hydrogen-bond acceptors (Lipinski definition) is 8. The normalized spacial score (nSPS) is 11.7. The van der Waals surface area contributed by atoms with E-state index < -0.39 is 15.7 Å². The van der Waals surface area contributed by atoms with Gasteiger partial charge in [-0.3, -0.25) is 4.79 Å². The summed E-state index contributed by atoms with van der Waals surface area (Å²) in [6, 6.07) is 4.94. The minimum atomic E-state index is -3.15. The zero-order valence-corrected chi connectivity index (χ0v) is 17.6. The summed E-state index contributed by atoms with van der Waals surface area (Å²) in [7, 11) is -3.15. The van der Waals surface area contributed by atoms with Gasteiger partial charge in [0.05, 0.1) is 32.6 Å². The van der Waals surface area contributed by atoms with Gasteiger partial charge in [0.25, 0.3) is 5.91 Å². The minimum absolute atomic E-state index is 0.0877. The van der Waals surface area contributed by atoms with E-state index in [0.717, 1.165) is 17.6 Å². The van der Waals surface area contributed by atoms with E-state index in [9.17, 15) is 13.2 Å². The van der Waals surface area contributed by atoms with Crippen molar-refractivity contribution < 1.29 is 13.2 Å². The van der Waals surface area contributed by atoms with Crippen LogP contribution in [0.15, 0.2) is 18.2 Å². The third-order valence-corrected chi connectivity index (χ3v) is 6.56. The van der Waals surface area contributed by atoms with E-state index in [2.05, 4.69) is 15.3 Å². The molecule has 0 saturated carbocycles. The Balaban J connectivity index is 2.17. The average Bonchev–Trinajstić information content (AvgIpc) is 2.93. The summed E-state index contributed by atoms with van der Waals surface area (Å²) in [6.07, 6.45) is 1.14. The second-order valence-corrected chi connectivity index (χ2v) is 10.0. The first-order valence-corrected chi connectivity index (χ1v) is 11.5. The van der Waals surface area contributed by atoms with Crippen LogP contribution in [-0.2, 0) is 9.84 Å². The number of carbonyl (C=O) groups is 1. The third kappa shape index (κ3) is 4.30. The van der Waals surface area contributed by atoms with Crippen molar-refractivity contribution in [2.75, 3.05) is 29.6 Å². The first-order chi connectivity index (χ1) is 13.1. The summed E-state index contributed by atoms with van der Waals surface area (Å²) < 4.78 is 22.7. The van der Waals surface area contributed by atoms with E-state index in [1.807, 2.05) is 0 Å². The van der Waals surface area contributed by atoms with Crippen molar-refractivity contribution in [3.05, 3.63) is 33.1 Å². The molecule has 12 heteroatoms. The van der Waals surface area contributed by atoms with E-state index in [0.29, 0.717) is 31.5 Å².